The maximum Gasteiger partial charge on any atom is 0.289 e. The molecule has 1 fully saturated rings. The molecule has 1 aromatic carbocycles. The van der Waals surface area contributed by atoms with Crippen molar-refractivity contribution >= 4 is 38.5 Å². The molecule has 0 saturated heterocycles. The summed E-state index contributed by atoms with van der Waals surface area (Å²) in [6.07, 6.45) is 7.50. The number of nitrogens with zero attached hydrogens (tertiary/aromatic N) is 3. The molecule has 0 unspecified atom stereocenters. The lowest BCUT2D eigenvalue weighted by molar-refractivity contribution is 0.0827. The van der Waals surface area contributed by atoms with Crippen LogP contribution in [0.15, 0.2) is 28.8 Å². The number of thiazole rings is 1. The van der Waals surface area contributed by atoms with Gasteiger partial charge in [-0.3, -0.25) is 9.59 Å². The van der Waals surface area contributed by atoms with Crippen molar-refractivity contribution in [3.8, 4) is 0 Å². The predicted octanol–water partition coefficient (Wildman–Crippen LogP) is 3.87. The van der Waals surface area contributed by atoms with E-state index < -0.39 is 0 Å². The second-order valence-electron chi connectivity index (χ2n) is 7.11. The van der Waals surface area contributed by atoms with E-state index >= 15 is 0 Å². The second kappa shape index (κ2) is 11.3. The molecule has 4 rings (SSSR count). The van der Waals surface area contributed by atoms with Gasteiger partial charge in [0.1, 0.15) is 0 Å². The van der Waals surface area contributed by atoms with E-state index in [4.69, 9.17) is 5.73 Å². The lowest BCUT2D eigenvalue weighted by Crippen LogP contribution is -2.21. The lowest BCUT2D eigenvalue weighted by atomic mass is 10.2. The molecule has 3 N–H and O–H groups in total. The molecule has 0 atom stereocenters. The molecule has 3 aromatic rings. The van der Waals surface area contributed by atoms with Crippen LogP contribution in [0.3, 0.4) is 0 Å². The van der Waals surface area contributed by atoms with Gasteiger partial charge in [0, 0.05) is 32.8 Å². The molecule has 2 amide bonds. The van der Waals surface area contributed by atoms with Crippen LogP contribution in [0.1, 0.15) is 58.7 Å². The maximum atomic E-state index is 11.7. The van der Waals surface area contributed by atoms with Crippen LogP contribution in [-0.2, 0) is 0 Å². The lowest BCUT2D eigenvalue weighted by Gasteiger charge is -2.09. The Labute approximate surface area is 180 Å². The Hall–Kier alpha value is -2.94. The summed E-state index contributed by atoms with van der Waals surface area (Å²) in [7, 11) is 5.00. The van der Waals surface area contributed by atoms with E-state index in [0.717, 1.165) is 10.2 Å². The minimum atomic E-state index is -0.249. The normalized spacial score (nSPS) is 12.4. The topological polar surface area (TPSA) is 114 Å². The third-order valence-corrected chi connectivity index (χ3v) is 5.23. The van der Waals surface area contributed by atoms with Gasteiger partial charge in [0.15, 0.2) is 5.13 Å². The first-order valence-corrected chi connectivity index (χ1v) is 10.7. The molecule has 162 valence electrons. The molecule has 0 spiro atoms. The Morgan fingerprint density at radius 1 is 1.13 bits per heavy atom. The van der Waals surface area contributed by atoms with E-state index in [1.54, 1.807) is 45.1 Å². The molecular weight excluding hydrogens is 402 g/mol. The highest BCUT2D eigenvalue weighted by Crippen LogP contribution is 2.24. The van der Waals surface area contributed by atoms with Crippen LogP contribution in [-0.4, -0.2) is 48.0 Å². The summed E-state index contributed by atoms with van der Waals surface area (Å²) in [5.41, 5.74) is 7.80. The highest BCUT2D eigenvalue weighted by atomic mass is 32.1. The number of hydrogen-bond donors (Lipinski definition) is 2. The SMILES string of the molecule is C1CCCC1.CN(C)C(=O)c1ccc2nc(N)sc2c1.CNC(=O)c1cc(C)no1. The monoisotopic (exact) mass is 431 g/mol. The highest BCUT2D eigenvalue weighted by Gasteiger charge is 2.10. The van der Waals surface area contributed by atoms with E-state index in [9.17, 15) is 9.59 Å². The van der Waals surface area contributed by atoms with Gasteiger partial charge in [0.05, 0.1) is 15.9 Å². The van der Waals surface area contributed by atoms with E-state index in [-0.39, 0.29) is 17.6 Å². The fraction of sp³-hybridized carbons (Fsp3) is 0.429. The second-order valence-corrected chi connectivity index (χ2v) is 8.18. The van der Waals surface area contributed by atoms with E-state index in [0.29, 0.717) is 16.4 Å². The number of carbonyl (C=O) groups excluding carboxylic acids is 2. The van der Waals surface area contributed by atoms with Gasteiger partial charge in [0.25, 0.3) is 11.8 Å². The number of amides is 2. The van der Waals surface area contributed by atoms with Crippen molar-refractivity contribution in [1.29, 1.82) is 0 Å². The third kappa shape index (κ3) is 6.84. The van der Waals surface area contributed by atoms with Gasteiger partial charge in [-0.15, -0.1) is 0 Å². The number of benzene rings is 1. The van der Waals surface area contributed by atoms with Crippen LogP contribution < -0.4 is 11.1 Å². The average molecular weight is 432 g/mol. The summed E-state index contributed by atoms with van der Waals surface area (Å²) in [6, 6.07) is 6.99. The van der Waals surface area contributed by atoms with Gasteiger partial charge in [-0.1, -0.05) is 48.6 Å². The van der Waals surface area contributed by atoms with E-state index in [2.05, 4.69) is 20.0 Å². The van der Waals surface area contributed by atoms with E-state index in [1.165, 1.54) is 43.4 Å². The fourth-order valence-corrected chi connectivity index (χ4v) is 3.58. The summed E-state index contributed by atoms with van der Waals surface area (Å²) in [6.45, 7) is 1.76. The molecule has 0 bridgehead atoms. The summed E-state index contributed by atoms with van der Waals surface area (Å²) in [5.74, 6) is -0.00975. The van der Waals surface area contributed by atoms with Gasteiger partial charge in [-0.25, -0.2) is 4.98 Å². The van der Waals surface area contributed by atoms with Crippen LogP contribution in [0.4, 0.5) is 5.13 Å². The minimum Gasteiger partial charge on any atom is -0.375 e. The van der Waals surface area contributed by atoms with Crippen molar-refractivity contribution in [3.63, 3.8) is 0 Å². The number of fused-ring (bicyclic) bond motifs is 1. The standard InChI is InChI=1S/C10H11N3OS.C6H8N2O2.C5H10/c1-13(2)9(14)6-3-4-7-8(5-6)15-10(11)12-7;1-4-3-5(10-8-4)6(9)7-2;1-2-4-5-3-1/h3-5H,1-2H3,(H2,11,12);3H,1-2H3,(H,7,9);1-5H2. The number of nitrogen functional groups attached to an aromatic ring is 1. The Balaban J connectivity index is 0.000000183. The molecule has 1 aliphatic rings. The van der Waals surface area contributed by atoms with Gasteiger partial charge in [0.2, 0.25) is 5.76 Å². The molecule has 0 radical (unpaired) electrons. The first-order chi connectivity index (χ1) is 14.3. The quantitative estimate of drug-likeness (QED) is 0.636. The predicted molar refractivity (Wildman–Crippen MR) is 120 cm³/mol. The number of aryl methyl sites for hydroxylation is 1. The summed E-state index contributed by atoms with van der Waals surface area (Å²) >= 11 is 1.39. The first-order valence-electron chi connectivity index (χ1n) is 9.85. The van der Waals surface area contributed by atoms with Gasteiger partial charge in [-0.2, -0.15) is 0 Å². The zero-order valence-corrected chi connectivity index (χ0v) is 18.7. The van der Waals surface area contributed by atoms with Crippen molar-refractivity contribution in [1.82, 2.24) is 20.4 Å². The van der Waals surface area contributed by atoms with Crippen LogP contribution in [0.25, 0.3) is 10.2 Å². The van der Waals surface area contributed by atoms with Gasteiger partial charge < -0.3 is 20.5 Å². The van der Waals surface area contributed by atoms with Crippen molar-refractivity contribution in [3.05, 3.63) is 41.3 Å². The maximum absolute atomic E-state index is 11.7. The summed E-state index contributed by atoms with van der Waals surface area (Å²) < 4.78 is 5.60. The number of carbonyl (C=O) groups is 2. The molecule has 8 nitrogen and oxygen atoms in total. The van der Waals surface area contributed by atoms with Crippen LogP contribution in [0.2, 0.25) is 0 Å². The zero-order valence-electron chi connectivity index (χ0n) is 17.9. The molecule has 2 aromatic heterocycles. The largest absolute Gasteiger partial charge is 0.375 e. The van der Waals surface area contributed by atoms with E-state index in [1.807, 2.05) is 12.1 Å². The van der Waals surface area contributed by atoms with Gasteiger partial charge in [-0.05, 0) is 25.1 Å². The number of hydrogen-bond acceptors (Lipinski definition) is 7. The molecule has 0 aliphatic heterocycles. The van der Waals surface area contributed by atoms with Crippen LogP contribution >= 0.6 is 11.3 Å². The smallest absolute Gasteiger partial charge is 0.289 e. The number of nitrogens with two attached hydrogens (primary N) is 1. The molecule has 1 aliphatic carbocycles. The molecule has 2 heterocycles. The number of anilines is 1. The highest BCUT2D eigenvalue weighted by molar-refractivity contribution is 7.22. The zero-order chi connectivity index (χ0) is 22.1. The van der Waals surface area contributed by atoms with Crippen molar-refractivity contribution in [2.24, 2.45) is 0 Å². The van der Waals surface area contributed by atoms with Crippen LogP contribution in [0.5, 0.6) is 0 Å². The third-order valence-electron chi connectivity index (χ3n) is 4.39. The van der Waals surface area contributed by atoms with Gasteiger partial charge >= 0.3 is 0 Å². The van der Waals surface area contributed by atoms with Crippen molar-refractivity contribution in [2.75, 3.05) is 26.9 Å². The number of nitrogens with one attached hydrogen (secondary N) is 1. The minimum absolute atomic E-state index is 0.0103. The average Bonchev–Trinajstić information content (AvgIpc) is 3.48. The molecule has 1 saturated carbocycles. The van der Waals surface area contributed by atoms with Crippen molar-refractivity contribution in [2.45, 2.75) is 39.0 Å². The Morgan fingerprint density at radius 2 is 1.77 bits per heavy atom. The molecule has 30 heavy (non-hydrogen) atoms. The Morgan fingerprint density at radius 3 is 2.27 bits per heavy atom. The van der Waals surface area contributed by atoms with Crippen molar-refractivity contribution < 1.29 is 14.1 Å². The summed E-state index contributed by atoms with van der Waals surface area (Å²) in [5, 5.41) is 6.50. The van der Waals surface area contributed by atoms with Crippen LogP contribution in [0, 0.1) is 6.92 Å². The fourth-order valence-electron chi connectivity index (χ4n) is 2.81. The Kier molecular flexibility index (Phi) is 8.79. The number of rotatable bonds is 2. The number of aromatic nitrogens is 2. The first kappa shape index (κ1) is 23.3. The Bertz CT molecular complexity index is 968. The molecular formula is C21H29N5O3S. The molecule has 9 heteroatoms. The summed E-state index contributed by atoms with van der Waals surface area (Å²) in [4.78, 5) is 28.1.